The molecular formula is C17H20FNS2. The molecule has 0 fully saturated rings. The van der Waals surface area contributed by atoms with Crippen LogP contribution in [-0.4, -0.2) is 12.8 Å². The van der Waals surface area contributed by atoms with E-state index in [9.17, 15) is 4.39 Å². The van der Waals surface area contributed by atoms with Gasteiger partial charge in [-0.2, -0.15) is 11.8 Å². The number of halogens is 1. The Labute approximate surface area is 134 Å². The lowest BCUT2D eigenvalue weighted by atomic mass is 10.00. The minimum Gasteiger partial charge on any atom is -0.312 e. The summed E-state index contributed by atoms with van der Waals surface area (Å²) in [5.74, 6) is 2.24. The maximum absolute atomic E-state index is 13.2. The molecule has 0 saturated heterocycles. The summed E-state index contributed by atoms with van der Waals surface area (Å²) in [5, 5.41) is 3.43. The molecule has 0 spiro atoms. The normalized spacial score (nSPS) is 15.8. The van der Waals surface area contributed by atoms with Gasteiger partial charge in [-0.05, 0) is 67.5 Å². The van der Waals surface area contributed by atoms with Crippen molar-refractivity contribution < 1.29 is 4.39 Å². The van der Waals surface area contributed by atoms with Crippen molar-refractivity contribution in [3.05, 3.63) is 56.5 Å². The standard InChI is InChI=1S/C17H20FNS2/c1-11-7-14(18)4-3-12(11)8-15(19-2)17-9-13-10-20-6-5-16(13)21-17/h3-4,7,9,15,19H,5-6,8,10H2,1-2H3. The molecule has 1 unspecified atom stereocenters. The third-order valence-electron chi connectivity index (χ3n) is 4.07. The highest BCUT2D eigenvalue weighted by Gasteiger charge is 2.19. The molecule has 112 valence electrons. The maximum Gasteiger partial charge on any atom is 0.123 e. The zero-order valence-corrected chi connectivity index (χ0v) is 14.0. The van der Waals surface area contributed by atoms with Crippen LogP contribution in [0.25, 0.3) is 0 Å². The van der Waals surface area contributed by atoms with Gasteiger partial charge < -0.3 is 5.32 Å². The summed E-state index contributed by atoms with van der Waals surface area (Å²) in [4.78, 5) is 2.97. The van der Waals surface area contributed by atoms with Crippen LogP contribution in [0.3, 0.4) is 0 Å². The van der Waals surface area contributed by atoms with Crippen molar-refractivity contribution >= 4 is 23.1 Å². The fraction of sp³-hybridized carbons (Fsp3) is 0.412. The van der Waals surface area contributed by atoms with Gasteiger partial charge in [-0.15, -0.1) is 11.3 Å². The predicted molar refractivity (Wildman–Crippen MR) is 90.8 cm³/mol. The van der Waals surface area contributed by atoms with Gasteiger partial charge in [-0.1, -0.05) is 6.07 Å². The summed E-state index contributed by atoms with van der Waals surface area (Å²) >= 11 is 3.97. The molecule has 1 aromatic heterocycles. The van der Waals surface area contributed by atoms with Crippen LogP contribution < -0.4 is 5.32 Å². The quantitative estimate of drug-likeness (QED) is 0.890. The molecule has 1 aliphatic heterocycles. The van der Waals surface area contributed by atoms with Crippen LogP contribution in [0.5, 0.6) is 0 Å². The highest BCUT2D eigenvalue weighted by atomic mass is 32.2. The largest absolute Gasteiger partial charge is 0.312 e. The van der Waals surface area contributed by atoms with E-state index in [2.05, 4.69) is 11.4 Å². The molecule has 1 aliphatic rings. The Balaban J connectivity index is 1.83. The Morgan fingerprint density at radius 3 is 2.90 bits per heavy atom. The van der Waals surface area contributed by atoms with Gasteiger partial charge in [-0.3, -0.25) is 0 Å². The van der Waals surface area contributed by atoms with E-state index in [1.165, 1.54) is 28.2 Å². The first-order valence-corrected chi connectivity index (χ1v) is 9.26. The molecule has 4 heteroatoms. The monoisotopic (exact) mass is 321 g/mol. The van der Waals surface area contributed by atoms with E-state index >= 15 is 0 Å². The molecule has 1 atom stereocenters. The van der Waals surface area contributed by atoms with Gasteiger partial charge >= 0.3 is 0 Å². The summed E-state index contributed by atoms with van der Waals surface area (Å²) in [7, 11) is 2.01. The second-order valence-corrected chi connectivity index (χ2v) is 7.79. The molecule has 3 rings (SSSR count). The Kier molecular flexibility index (Phi) is 4.67. The van der Waals surface area contributed by atoms with E-state index in [0.717, 1.165) is 17.7 Å². The number of fused-ring (bicyclic) bond motifs is 1. The third kappa shape index (κ3) is 3.33. The number of rotatable bonds is 4. The first-order chi connectivity index (χ1) is 10.2. The number of thiophene rings is 1. The topological polar surface area (TPSA) is 12.0 Å². The van der Waals surface area contributed by atoms with E-state index in [1.807, 2.05) is 43.1 Å². The zero-order chi connectivity index (χ0) is 14.8. The van der Waals surface area contributed by atoms with Gasteiger partial charge in [0.25, 0.3) is 0 Å². The van der Waals surface area contributed by atoms with Gasteiger partial charge in [0.2, 0.25) is 0 Å². The van der Waals surface area contributed by atoms with Crippen LogP contribution in [-0.2, 0) is 18.6 Å². The summed E-state index contributed by atoms with van der Waals surface area (Å²) in [6, 6.07) is 7.78. The molecular weight excluding hydrogens is 301 g/mol. The van der Waals surface area contributed by atoms with Crippen molar-refractivity contribution in [3.63, 3.8) is 0 Å². The molecule has 1 N–H and O–H groups in total. The summed E-state index contributed by atoms with van der Waals surface area (Å²) < 4.78 is 13.2. The number of benzene rings is 1. The van der Waals surface area contributed by atoms with Crippen LogP contribution in [0.4, 0.5) is 4.39 Å². The van der Waals surface area contributed by atoms with Crippen molar-refractivity contribution in [2.45, 2.75) is 31.6 Å². The van der Waals surface area contributed by atoms with E-state index in [4.69, 9.17) is 0 Å². The van der Waals surface area contributed by atoms with Crippen molar-refractivity contribution in [3.8, 4) is 0 Å². The second kappa shape index (κ2) is 6.51. The Hall–Kier alpha value is -0.840. The minimum atomic E-state index is -0.152. The number of nitrogens with one attached hydrogen (secondary N) is 1. The summed E-state index contributed by atoms with van der Waals surface area (Å²) in [6.45, 7) is 1.99. The fourth-order valence-corrected chi connectivity index (χ4v) is 5.28. The summed E-state index contributed by atoms with van der Waals surface area (Å²) in [5.41, 5.74) is 3.77. The van der Waals surface area contributed by atoms with E-state index in [1.54, 1.807) is 17.0 Å². The molecule has 21 heavy (non-hydrogen) atoms. The second-order valence-electron chi connectivity index (χ2n) is 5.52. The maximum atomic E-state index is 13.2. The molecule has 1 nitrogen and oxygen atoms in total. The SMILES string of the molecule is CNC(Cc1ccc(F)cc1C)c1cc2c(s1)CCSC2. The van der Waals surface area contributed by atoms with Crippen molar-refractivity contribution in [1.29, 1.82) is 0 Å². The van der Waals surface area contributed by atoms with Crippen LogP contribution in [0, 0.1) is 12.7 Å². The molecule has 2 heterocycles. The highest BCUT2D eigenvalue weighted by Crippen LogP contribution is 2.35. The minimum absolute atomic E-state index is 0.152. The molecule has 0 amide bonds. The van der Waals surface area contributed by atoms with E-state index < -0.39 is 0 Å². The number of hydrogen-bond acceptors (Lipinski definition) is 3. The first-order valence-electron chi connectivity index (χ1n) is 7.29. The van der Waals surface area contributed by atoms with Gasteiger partial charge in [0, 0.05) is 21.5 Å². The third-order valence-corrected chi connectivity index (χ3v) is 6.43. The Morgan fingerprint density at radius 2 is 2.19 bits per heavy atom. The van der Waals surface area contributed by atoms with Crippen molar-refractivity contribution in [2.24, 2.45) is 0 Å². The lowest BCUT2D eigenvalue weighted by Gasteiger charge is -2.16. The van der Waals surface area contributed by atoms with E-state index in [-0.39, 0.29) is 5.82 Å². The van der Waals surface area contributed by atoms with Crippen LogP contribution in [0.15, 0.2) is 24.3 Å². The lowest BCUT2D eigenvalue weighted by Crippen LogP contribution is -2.18. The summed E-state index contributed by atoms with van der Waals surface area (Å²) in [6.07, 6.45) is 2.12. The fourth-order valence-electron chi connectivity index (χ4n) is 2.80. The Bertz CT molecular complexity index is 612. The molecule has 2 aromatic rings. The number of aryl methyl sites for hydroxylation is 2. The molecule has 0 bridgehead atoms. The molecule has 1 aromatic carbocycles. The smallest absolute Gasteiger partial charge is 0.123 e. The highest BCUT2D eigenvalue weighted by molar-refractivity contribution is 7.98. The van der Waals surface area contributed by atoms with Gasteiger partial charge in [-0.25, -0.2) is 4.39 Å². The van der Waals surface area contributed by atoms with Gasteiger partial charge in [0.05, 0.1) is 0 Å². The average Bonchev–Trinajstić information content (AvgIpc) is 2.90. The lowest BCUT2D eigenvalue weighted by molar-refractivity contribution is 0.595. The number of hydrogen-bond donors (Lipinski definition) is 1. The number of likely N-dealkylation sites (N-methyl/N-ethyl adjacent to an activating group) is 1. The Morgan fingerprint density at radius 1 is 1.33 bits per heavy atom. The molecule has 0 saturated carbocycles. The predicted octanol–water partition coefficient (Wildman–Crippen LogP) is 4.49. The van der Waals surface area contributed by atoms with Gasteiger partial charge in [0.15, 0.2) is 0 Å². The van der Waals surface area contributed by atoms with Crippen molar-refractivity contribution in [2.75, 3.05) is 12.8 Å². The average molecular weight is 321 g/mol. The van der Waals surface area contributed by atoms with Crippen LogP contribution in [0.2, 0.25) is 0 Å². The van der Waals surface area contributed by atoms with E-state index in [0.29, 0.717) is 6.04 Å². The van der Waals surface area contributed by atoms with Gasteiger partial charge in [0.1, 0.15) is 5.82 Å². The first kappa shape index (κ1) is 15.1. The van der Waals surface area contributed by atoms with Crippen LogP contribution in [0.1, 0.15) is 32.5 Å². The van der Waals surface area contributed by atoms with Crippen molar-refractivity contribution in [1.82, 2.24) is 5.32 Å². The molecule has 0 aliphatic carbocycles. The zero-order valence-electron chi connectivity index (χ0n) is 12.4. The van der Waals surface area contributed by atoms with Crippen LogP contribution >= 0.6 is 23.1 Å². The molecule has 0 radical (unpaired) electrons. The number of thioether (sulfide) groups is 1.